The van der Waals surface area contributed by atoms with Crippen molar-refractivity contribution in [1.82, 2.24) is 34.8 Å². The van der Waals surface area contributed by atoms with Gasteiger partial charge in [-0.05, 0) is 54.8 Å². The molecule has 0 aliphatic carbocycles. The first-order valence-electron chi connectivity index (χ1n) is 15.3. The predicted molar refractivity (Wildman–Crippen MR) is 172 cm³/mol. The summed E-state index contributed by atoms with van der Waals surface area (Å²) in [6.07, 6.45) is 6.92. The number of nitrogens with one attached hydrogen (secondary N) is 1. The van der Waals surface area contributed by atoms with E-state index in [1.165, 1.54) is 5.56 Å². The van der Waals surface area contributed by atoms with Crippen molar-refractivity contribution in [2.75, 3.05) is 58.6 Å². The Morgan fingerprint density at radius 1 is 0.909 bits per heavy atom. The third-order valence-corrected chi connectivity index (χ3v) is 8.72. The molecule has 2 aliphatic heterocycles. The molecule has 44 heavy (non-hydrogen) atoms. The van der Waals surface area contributed by atoms with E-state index in [0.717, 1.165) is 61.4 Å². The molecule has 0 radical (unpaired) electrons. The Kier molecular flexibility index (Phi) is 8.72. The summed E-state index contributed by atoms with van der Waals surface area (Å²) in [4.78, 5) is 37.6. The quantitative estimate of drug-likeness (QED) is 0.323. The summed E-state index contributed by atoms with van der Waals surface area (Å²) < 4.78 is 1.69. The molecule has 228 valence electrons. The van der Waals surface area contributed by atoms with Crippen LogP contribution in [0.5, 0.6) is 0 Å². The maximum Gasteiger partial charge on any atom is 0.255 e. The highest BCUT2D eigenvalue weighted by molar-refractivity contribution is 6.00. The SMILES string of the molecule is CN1CCN(CCc2ccc(-c3cccc(C(=O)N4CC[C@@H](NC(=O)c5cc(-c6cnn(C)c6)cnc5N)C4)c3)cc2)CC1. The zero-order valence-electron chi connectivity index (χ0n) is 25.4. The number of carbonyl (C=O) groups is 2. The first-order chi connectivity index (χ1) is 21.3. The predicted octanol–water partition coefficient (Wildman–Crippen LogP) is 3.17. The Balaban J connectivity index is 1.05. The molecule has 3 N–H and O–H groups in total. The van der Waals surface area contributed by atoms with Gasteiger partial charge >= 0.3 is 0 Å². The number of carbonyl (C=O) groups excluding carboxylic acids is 2. The van der Waals surface area contributed by atoms with Crippen molar-refractivity contribution in [1.29, 1.82) is 0 Å². The summed E-state index contributed by atoms with van der Waals surface area (Å²) in [5.74, 6) is -0.165. The third kappa shape index (κ3) is 6.82. The molecule has 0 bridgehead atoms. The third-order valence-electron chi connectivity index (χ3n) is 8.72. The minimum atomic E-state index is -0.297. The van der Waals surface area contributed by atoms with Gasteiger partial charge in [0.1, 0.15) is 5.82 Å². The number of anilines is 1. The molecule has 10 nitrogen and oxygen atoms in total. The summed E-state index contributed by atoms with van der Waals surface area (Å²) in [5, 5.41) is 7.24. The van der Waals surface area contributed by atoms with Gasteiger partial charge in [0.2, 0.25) is 0 Å². The number of nitrogen functional groups attached to an aromatic ring is 1. The summed E-state index contributed by atoms with van der Waals surface area (Å²) in [6, 6.07) is 18.0. The lowest BCUT2D eigenvalue weighted by molar-refractivity contribution is 0.0783. The van der Waals surface area contributed by atoms with E-state index in [1.54, 1.807) is 28.0 Å². The molecule has 0 spiro atoms. The average Bonchev–Trinajstić information content (AvgIpc) is 3.70. The van der Waals surface area contributed by atoms with Crippen molar-refractivity contribution in [3.63, 3.8) is 0 Å². The van der Waals surface area contributed by atoms with E-state index in [9.17, 15) is 9.59 Å². The van der Waals surface area contributed by atoms with Crippen LogP contribution in [0.25, 0.3) is 22.3 Å². The van der Waals surface area contributed by atoms with E-state index in [4.69, 9.17) is 5.73 Å². The second-order valence-corrected chi connectivity index (χ2v) is 11.9. The Morgan fingerprint density at radius 2 is 1.70 bits per heavy atom. The zero-order valence-corrected chi connectivity index (χ0v) is 25.4. The fraction of sp³-hybridized carbons (Fsp3) is 0.353. The molecular formula is C34H40N8O2. The molecule has 2 fully saturated rings. The lowest BCUT2D eigenvalue weighted by Crippen LogP contribution is -2.45. The van der Waals surface area contributed by atoms with Crippen LogP contribution in [0.2, 0.25) is 0 Å². The highest BCUT2D eigenvalue weighted by Gasteiger charge is 2.29. The molecule has 6 rings (SSSR count). The number of likely N-dealkylation sites (tertiary alicyclic amines) is 1. The molecule has 0 unspecified atom stereocenters. The zero-order chi connectivity index (χ0) is 30.6. The van der Waals surface area contributed by atoms with E-state index in [1.807, 2.05) is 37.5 Å². The van der Waals surface area contributed by atoms with Crippen LogP contribution in [-0.2, 0) is 13.5 Å². The number of rotatable bonds is 8. The first kappa shape index (κ1) is 29.5. The van der Waals surface area contributed by atoms with Crippen LogP contribution in [0.1, 0.15) is 32.7 Å². The molecule has 2 saturated heterocycles. The normalized spacial score (nSPS) is 17.6. The van der Waals surface area contributed by atoms with Gasteiger partial charge in [0.15, 0.2) is 0 Å². The van der Waals surface area contributed by atoms with Gasteiger partial charge in [-0.1, -0.05) is 36.4 Å². The fourth-order valence-electron chi connectivity index (χ4n) is 5.95. The molecular weight excluding hydrogens is 552 g/mol. The van der Waals surface area contributed by atoms with Gasteiger partial charge in [0.05, 0.1) is 11.8 Å². The van der Waals surface area contributed by atoms with Crippen LogP contribution in [0.3, 0.4) is 0 Å². The minimum Gasteiger partial charge on any atom is -0.383 e. The Morgan fingerprint density at radius 3 is 2.45 bits per heavy atom. The van der Waals surface area contributed by atoms with Gasteiger partial charge in [0, 0.05) is 88.0 Å². The molecule has 2 amide bonds. The van der Waals surface area contributed by atoms with Gasteiger partial charge in [0.25, 0.3) is 11.8 Å². The number of nitrogens with zero attached hydrogens (tertiary/aromatic N) is 6. The van der Waals surface area contributed by atoms with E-state index in [-0.39, 0.29) is 23.7 Å². The number of amides is 2. The Labute approximate surface area is 258 Å². The molecule has 2 aromatic carbocycles. The maximum atomic E-state index is 13.5. The van der Waals surface area contributed by atoms with Gasteiger partial charge < -0.3 is 25.8 Å². The Bertz CT molecular complexity index is 1620. The van der Waals surface area contributed by atoms with Crippen molar-refractivity contribution in [2.45, 2.75) is 18.9 Å². The highest BCUT2D eigenvalue weighted by atomic mass is 16.2. The maximum absolute atomic E-state index is 13.5. The number of benzene rings is 2. The monoisotopic (exact) mass is 592 g/mol. The first-order valence-corrected chi connectivity index (χ1v) is 15.3. The van der Waals surface area contributed by atoms with Crippen LogP contribution >= 0.6 is 0 Å². The van der Waals surface area contributed by atoms with Gasteiger partial charge in [-0.15, -0.1) is 0 Å². The fourth-order valence-corrected chi connectivity index (χ4v) is 5.95. The van der Waals surface area contributed by atoms with Crippen molar-refractivity contribution in [3.05, 3.63) is 89.9 Å². The average molecular weight is 593 g/mol. The van der Waals surface area contributed by atoms with E-state index < -0.39 is 0 Å². The lowest BCUT2D eigenvalue weighted by atomic mass is 10.0. The molecule has 10 heteroatoms. The number of pyridine rings is 1. The van der Waals surface area contributed by atoms with E-state index >= 15 is 0 Å². The van der Waals surface area contributed by atoms with Gasteiger partial charge in [-0.3, -0.25) is 14.3 Å². The second-order valence-electron chi connectivity index (χ2n) is 11.9. The Hall–Kier alpha value is -4.54. The van der Waals surface area contributed by atoms with Gasteiger partial charge in [-0.25, -0.2) is 4.98 Å². The van der Waals surface area contributed by atoms with Crippen LogP contribution in [0, 0.1) is 0 Å². The minimum absolute atomic E-state index is 0.0350. The summed E-state index contributed by atoms with van der Waals surface area (Å²) in [7, 11) is 4.01. The van der Waals surface area contributed by atoms with Crippen LogP contribution < -0.4 is 11.1 Å². The largest absolute Gasteiger partial charge is 0.383 e. The smallest absolute Gasteiger partial charge is 0.255 e. The number of likely N-dealkylation sites (N-methyl/N-ethyl adjacent to an activating group) is 1. The molecule has 0 saturated carbocycles. The van der Waals surface area contributed by atoms with Crippen molar-refractivity contribution in [2.24, 2.45) is 7.05 Å². The van der Waals surface area contributed by atoms with Crippen molar-refractivity contribution < 1.29 is 9.59 Å². The number of aryl methyl sites for hydroxylation is 1. The van der Waals surface area contributed by atoms with Crippen molar-refractivity contribution in [3.8, 4) is 22.3 Å². The van der Waals surface area contributed by atoms with Crippen LogP contribution in [-0.4, -0.2) is 100 Å². The summed E-state index contributed by atoms with van der Waals surface area (Å²) >= 11 is 0. The summed E-state index contributed by atoms with van der Waals surface area (Å²) in [6.45, 7) is 6.62. The van der Waals surface area contributed by atoms with E-state index in [2.05, 4.69) is 56.5 Å². The van der Waals surface area contributed by atoms with Crippen LogP contribution in [0.15, 0.2) is 73.2 Å². The van der Waals surface area contributed by atoms with Gasteiger partial charge in [-0.2, -0.15) is 5.10 Å². The topological polar surface area (TPSA) is 113 Å². The molecule has 2 aliphatic rings. The number of hydrogen-bond acceptors (Lipinski definition) is 7. The molecule has 4 heterocycles. The number of aromatic nitrogens is 3. The van der Waals surface area contributed by atoms with E-state index in [0.29, 0.717) is 30.6 Å². The standard InChI is InChI=1S/C34H40N8O2/c1-39-14-16-41(17-15-39)12-10-24-6-8-25(9-7-24)26-4-3-5-27(18-26)34(44)42-13-11-30(23-42)38-33(43)31-19-28(20-36-32(31)35)29-21-37-40(2)22-29/h3-9,18-22,30H,10-17,23H2,1-2H3,(H2,35,36)(H,38,43)/t30-/m1/s1. The number of nitrogens with two attached hydrogens (primary N) is 1. The lowest BCUT2D eigenvalue weighted by Gasteiger charge is -2.32. The molecule has 1 atom stereocenters. The summed E-state index contributed by atoms with van der Waals surface area (Å²) in [5.41, 5.74) is 12.1. The number of piperazine rings is 1. The molecule has 4 aromatic rings. The molecule has 2 aromatic heterocycles. The van der Waals surface area contributed by atoms with Crippen LogP contribution in [0.4, 0.5) is 5.82 Å². The number of hydrogen-bond donors (Lipinski definition) is 2. The van der Waals surface area contributed by atoms with Crippen molar-refractivity contribution >= 4 is 17.6 Å². The highest BCUT2D eigenvalue weighted by Crippen LogP contribution is 2.24. The second kappa shape index (κ2) is 13.0.